The summed E-state index contributed by atoms with van der Waals surface area (Å²) >= 11 is 0. The van der Waals surface area contributed by atoms with E-state index in [1.54, 1.807) is 0 Å². The molecule has 0 atom stereocenters. The highest BCUT2D eigenvalue weighted by molar-refractivity contribution is 6.32. The molecule has 0 N–H and O–H groups in total. The van der Waals surface area contributed by atoms with Gasteiger partial charge in [0.25, 0.3) is 0 Å². The second-order valence-electron chi connectivity index (χ2n) is 9.15. The van der Waals surface area contributed by atoms with Crippen molar-refractivity contribution in [3.05, 3.63) is 115 Å². The van der Waals surface area contributed by atoms with E-state index in [9.17, 15) is 0 Å². The van der Waals surface area contributed by atoms with Crippen LogP contribution in [0.1, 0.15) is 0 Å². The van der Waals surface area contributed by atoms with E-state index in [1.807, 2.05) is 6.20 Å². The highest BCUT2D eigenvalue weighted by Gasteiger charge is 2.16. The van der Waals surface area contributed by atoms with E-state index >= 15 is 0 Å². The van der Waals surface area contributed by atoms with E-state index in [0.29, 0.717) is 0 Å². The lowest BCUT2D eigenvalue weighted by Gasteiger charge is -2.10. The van der Waals surface area contributed by atoms with Gasteiger partial charge >= 0.3 is 0 Å². The molecular weight excluding hydrogens is 426 g/mol. The zero-order valence-corrected chi connectivity index (χ0v) is 18.8. The maximum Gasteiger partial charge on any atom is 0.143 e. The van der Waals surface area contributed by atoms with Gasteiger partial charge in [-0.05, 0) is 62.6 Å². The number of hydrogen-bond acceptors (Lipinski definition) is 2. The minimum Gasteiger partial charge on any atom is -0.455 e. The van der Waals surface area contributed by atoms with Crippen LogP contribution in [0, 0.1) is 0 Å². The topological polar surface area (TPSA) is 26.0 Å². The van der Waals surface area contributed by atoms with Crippen LogP contribution >= 0.6 is 0 Å². The van der Waals surface area contributed by atoms with E-state index in [4.69, 9.17) is 9.40 Å². The molecule has 8 aromatic rings. The Morgan fingerprint density at radius 1 is 0.486 bits per heavy atom. The maximum atomic E-state index is 6.58. The van der Waals surface area contributed by atoms with Crippen molar-refractivity contribution in [3.63, 3.8) is 0 Å². The monoisotopic (exact) mass is 445 g/mol. The Hall–Kier alpha value is -4.69. The maximum absolute atomic E-state index is 6.58. The number of aromatic nitrogens is 1. The Kier molecular flexibility index (Phi) is 3.69. The Balaban J connectivity index is 1.50. The van der Waals surface area contributed by atoms with Crippen LogP contribution in [-0.2, 0) is 0 Å². The molecule has 35 heavy (non-hydrogen) atoms. The molecule has 6 aromatic carbocycles. The lowest BCUT2D eigenvalue weighted by atomic mass is 9.93. The Labute approximate surface area is 201 Å². The summed E-state index contributed by atoms with van der Waals surface area (Å²) in [5.74, 6) is 0. The molecule has 0 aliphatic carbocycles. The molecule has 0 saturated heterocycles. The summed E-state index contributed by atoms with van der Waals surface area (Å²) in [5.41, 5.74) is 3.94. The van der Waals surface area contributed by atoms with Crippen molar-refractivity contribution in [1.82, 2.24) is 4.98 Å². The molecule has 2 aromatic heterocycles. The molecule has 0 aliphatic rings. The van der Waals surface area contributed by atoms with Crippen molar-refractivity contribution >= 4 is 65.0 Å². The summed E-state index contributed by atoms with van der Waals surface area (Å²) in [6, 6.07) is 38.7. The summed E-state index contributed by atoms with van der Waals surface area (Å²) in [4.78, 5) is 4.74. The number of nitrogens with zero attached hydrogens (tertiary/aromatic N) is 1. The van der Waals surface area contributed by atoms with Gasteiger partial charge in [0.05, 0.1) is 5.69 Å². The van der Waals surface area contributed by atoms with Gasteiger partial charge in [-0.15, -0.1) is 0 Å². The van der Waals surface area contributed by atoms with Gasteiger partial charge in [0.15, 0.2) is 0 Å². The van der Waals surface area contributed by atoms with Gasteiger partial charge in [-0.25, -0.2) is 0 Å². The average Bonchev–Trinajstić information content (AvgIpc) is 3.31. The number of fused-ring (bicyclic) bond motifs is 11. The summed E-state index contributed by atoms with van der Waals surface area (Å²) in [5, 5.41) is 12.0. The molecule has 0 saturated carbocycles. The highest BCUT2D eigenvalue weighted by atomic mass is 16.3. The van der Waals surface area contributed by atoms with Crippen LogP contribution in [0.25, 0.3) is 76.3 Å². The van der Waals surface area contributed by atoms with Crippen molar-refractivity contribution in [2.24, 2.45) is 0 Å². The molecule has 2 heterocycles. The molecule has 2 heteroatoms. The Morgan fingerprint density at radius 3 is 1.91 bits per heavy atom. The number of furan rings is 1. The molecule has 0 amide bonds. The fraction of sp³-hybridized carbons (Fsp3) is 0. The first kappa shape index (κ1) is 18.7. The molecule has 162 valence electrons. The van der Waals surface area contributed by atoms with Crippen LogP contribution in [0.4, 0.5) is 0 Å². The molecule has 0 bridgehead atoms. The SMILES string of the molecule is c1ccc2c(-c3ccc4oc5c(ccc6c7ccccc7c7ccccc7c65)c4c3)nccc2c1. The molecule has 0 aliphatic heterocycles. The van der Waals surface area contributed by atoms with Crippen molar-refractivity contribution in [1.29, 1.82) is 0 Å². The molecule has 8 rings (SSSR count). The van der Waals surface area contributed by atoms with E-state index in [1.165, 1.54) is 37.7 Å². The van der Waals surface area contributed by atoms with Gasteiger partial charge in [0.1, 0.15) is 11.2 Å². The standard InChI is InChI=1S/C33H19NO/c1-2-8-22-20(7-1)17-18-34-32(22)21-13-16-30-29(19-21)28-15-14-27-25-11-4-3-9-23(25)24-10-5-6-12-26(24)31(27)33(28)35-30/h1-19H. The van der Waals surface area contributed by atoms with Gasteiger partial charge in [0, 0.05) is 33.3 Å². The lowest BCUT2D eigenvalue weighted by molar-refractivity contribution is 0.673. The molecule has 0 spiro atoms. The van der Waals surface area contributed by atoms with Crippen molar-refractivity contribution < 1.29 is 4.42 Å². The van der Waals surface area contributed by atoms with E-state index in [2.05, 4.69) is 109 Å². The normalized spacial score (nSPS) is 12.0. The minimum atomic E-state index is 0.897. The lowest BCUT2D eigenvalue weighted by Crippen LogP contribution is -1.85. The predicted molar refractivity (Wildman–Crippen MR) is 147 cm³/mol. The summed E-state index contributed by atoms with van der Waals surface area (Å²) in [6.45, 7) is 0. The van der Waals surface area contributed by atoms with Gasteiger partial charge in [-0.2, -0.15) is 0 Å². The Bertz CT molecular complexity index is 2080. The van der Waals surface area contributed by atoms with Crippen LogP contribution in [0.5, 0.6) is 0 Å². The second kappa shape index (κ2) is 6.91. The zero-order chi connectivity index (χ0) is 22.9. The van der Waals surface area contributed by atoms with Gasteiger partial charge < -0.3 is 4.42 Å². The fourth-order valence-electron chi connectivity index (χ4n) is 5.72. The van der Waals surface area contributed by atoms with Crippen LogP contribution in [0.3, 0.4) is 0 Å². The third-order valence-corrected chi connectivity index (χ3v) is 7.29. The Morgan fingerprint density at radius 2 is 1.11 bits per heavy atom. The largest absolute Gasteiger partial charge is 0.455 e. The number of rotatable bonds is 1. The van der Waals surface area contributed by atoms with Gasteiger partial charge in [-0.3, -0.25) is 4.98 Å². The van der Waals surface area contributed by atoms with E-state index in [-0.39, 0.29) is 0 Å². The smallest absolute Gasteiger partial charge is 0.143 e. The third-order valence-electron chi connectivity index (χ3n) is 7.29. The van der Waals surface area contributed by atoms with Crippen molar-refractivity contribution in [2.45, 2.75) is 0 Å². The van der Waals surface area contributed by atoms with Crippen LogP contribution in [-0.4, -0.2) is 4.98 Å². The predicted octanol–water partition coefficient (Wildman–Crippen LogP) is 9.26. The fourth-order valence-corrected chi connectivity index (χ4v) is 5.72. The van der Waals surface area contributed by atoms with Crippen LogP contribution in [0.2, 0.25) is 0 Å². The second-order valence-corrected chi connectivity index (χ2v) is 9.15. The molecular formula is C33H19NO. The third kappa shape index (κ3) is 2.57. The molecule has 0 unspecified atom stereocenters. The van der Waals surface area contributed by atoms with Crippen LogP contribution in [0.15, 0.2) is 120 Å². The first-order valence-corrected chi connectivity index (χ1v) is 11.9. The zero-order valence-electron chi connectivity index (χ0n) is 18.8. The number of benzene rings is 6. The highest BCUT2D eigenvalue weighted by Crippen LogP contribution is 2.42. The summed E-state index contributed by atoms with van der Waals surface area (Å²) in [6.07, 6.45) is 1.89. The minimum absolute atomic E-state index is 0.897. The summed E-state index contributed by atoms with van der Waals surface area (Å²) in [7, 11) is 0. The first-order chi connectivity index (χ1) is 17.4. The number of pyridine rings is 1. The average molecular weight is 446 g/mol. The number of hydrogen-bond donors (Lipinski definition) is 0. The van der Waals surface area contributed by atoms with Crippen molar-refractivity contribution in [3.8, 4) is 11.3 Å². The van der Waals surface area contributed by atoms with Gasteiger partial charge in [0.2, 0.25) is 0 Å². The van der Waals surface area contributed by atoms with Gasteiger partial charge in [-0.1, -0.05) is 78.9 Å². The summed E-state index contributed by atoms with van der Waals surface area (Å²) < 4.78 is 6.58. The molecule has 0 radical (unpaired) electrons. The molecule has 2 nitrogen and oxygen atoms in total. The van der Waals surface area contributed by atoms with Crippen LogP contribution < -0.4 is 0 Å². The van der Waals surface area contributed by atoms with E-state index in [0.717, 1.165) is 38.6 Å². The van der Waals surface area contributed by atoms with Crippen molar-refractivity contribution in [2.75, 3.05) is 0 Å². The quantitative estimate of drug-likeness (QED) is 0.235. The van der Waals surface area contributed by atoms with E-state index < -0.39 is 0 Å². The first-order valence-electron chi connectivity index (χ1n) is 11.9. The molecule has 0 fully saturated rings.